The third-order valence-electron chi connectivity index (χ3n) is 6.72. The predicted octanol–water partition coefficient (Wildman–Crippen LogP) is 4.61. The van der Waals surface area contributed by atoms with Crippen LogP contribution in [0.25, 0.3) is 11.3 Å². The number of ether oxygens (including phenoxy) is 2. The van der Waals surface area contributed by atoms with Gasteiger partial charge in [0.15, 0.2) is 0 Å². The summed E-state index contributed by atoms with van der Waals surface area (Å²) in [6.45, 7) is 0.366. The van der Waals surface area contributed by atoms with E-state index < -0.39 is 6.61 Å². The number of aromatic nitrogens is 3. The molecule has 1 N–H and O–H groups in total. The number of nitrogens with zero attached hydrogens (tertiary/aromatic N) is 4. The summed E-state index contributed by atoms with van der Waals surface area (Å²) in [5.41, 5.74) is 2.94. The Hall–Kier alpha value is -3.69. The summed E-state index contributed by atoms with van der Waals surface area (Å²) in [4.78, 5) is 23.3. The van der Waals surface area contributed by atoms with E-state index in [-0.39, 0.29) is 30.2 Å². The van der Waals surface area contributed by atoms with E-state index in [1.165, 1.54) is 4.57 Å². The zero-order chi connectivity index (χ0) is 24.6. The van der Waals surface area contributed by atoms with E-state index in [1.54, 1.807) is 18.1 Å². The molecule has 1 saturated heterocycles. The lowest BCUT2D eigenvalue weighted by Gasteiger charge is -2.19. The van der Waals surface area contributed by atoms with Gasteiger partial charge in [-0.15, -0.1) is 0 Å². The summed E-state index contributed by atoms with van der Waals surface area (Å²) >= 11 is 0. The number of halogens is 2. The highest BCUT2D eigenvalue weighted by molar-refractivity contribution is 5.69. The number of anilines is 1. The first kappa shape index (κ1) is 23.1. The maximum atomic E-state index is 12.7. The molecule has 1 aliphatic carbocycles. The normalized spacial score (nSPS) is 18.2. The van der Waals surface area contributed by atoms with Crippen LogP contribution in [0.2, 0.25) is 0 Å². The lowest BCUT2D eigenvalue weighted by Crippen LogP contribution is -2.32. The number of carbonyl (C=O) groups is 1. The minimum absolute atomic E-state index is 0.0442. The third-order valence-corrected chi connectivity index (χ3v) is 6.72. The Morgan fingerprint density at radius 3 is 2.66 bits per heavy atom. The first-order valence-electron chi connectivity index (χ1n) is 11.5. The van der Waals surface area contributed by atoms with Gasteiger partial charge in [0.05, 0.1) is 11.7 Å². The molecule has 5 rings (SSSR count). The zero-order valence-electron chi connectivity index (χ0n) is 19.6. The highest BCUT2D eigenvalue weighted by atomic mass is 19.3. The number of imidazole rings is 1. The second-order valence-electron chi connectivity index (χ2n) is 9.21. The maximum Gasteiger partial charge on any atom is 0.410 e. The first-order valence-corrected chi connectivity index (χ1v) is 11.5. The Kier molecular flexibility index (Phi) is 6.04. The topological polar surface area (TPSA) is 81.5 Å². The second-order valence-corrected chi connectivity index (χ2v) is 9.21. The summed E-state index contributed by atoms with van der Waals surface area (Å²) in [7, 11) is 1.60. The van der Waals surface area contributed by atoms with Crippen LogP contribution in [-0.2, 0) is 18.4 Å². The van der Waals surface area contributed by atoms with Crippen molar-refractivity contribution >= 4 is 11.9 Å². The van der Waals surface area contributed by atoms with Crippen LogP contribution < -0.4 is 10.1 Å². The van der Waals surface area contributed by atoms with Crippen LogP contribution >= 0.6 is 0 Å². The molecule has 1 unspecified atom stereocenters. The SMILES string of the molecule is Cc1nc(NC2CN(C(=O)OCc3ccccc3)CC23CC3)ccc1-c1cn(C)c(OC(F)F)n1. The van der Waals surface area contributed by atoms with Gasteiger partial charge in [-0.05, 0) is 37.5 Å². The van der Waals surface area contributed by atoms with E-state index in [1.807, 2.05) is 49.4 Å². The van der Waals surface area contributed by atoms with Crippen molar-refractivity contribution < 1.29 is 23.0 Å². The monoisotopic (exact) mass is 483 g/mol. The number of nitrogens with one attached hydrogen (secondary N) is 1. The number of hydrogen-bond acceptors (Lipinski definition) is 6. The molecule has 3 aromatic rings. The molecular formula is C25H27F2N5O3. The number of pyridine rings is 1. The number of benzene rings is 1. The fourth-order valence-electron chi connectivity index (χ4n) is 4.64. The van der Waals surface area contributed by atoms with Gasteiger partial charge in [0.25, 0.3) is 0 Å². The molecule has 8 nitrogen and oxygen atoms in total. The van der Waals surface area contributed by atoms with Gasteiger partial charge in [-0.3, -0.25) is 0 Å². The molecule has 184 valence electrons. The van der Waals surface area contributed by atoms with Crippen molar-refractivity contribution in [2.75, 3.05) is 18.4 Å². The first-order chi connectivity index (χ1) is 16.8. The van der Waals surface area contributed by atoms with Gasteiger partial charge >= 0.3 is 18.7 Å². The molecule has 1 saturated carbocycles. The van der Waals surface area contributed by atoms with Gasteiger partial charge in [0.2, 0.25) is 0 Å². The molecule has 2 aromatic heterocycles. The molecule has 1 atom stereocenters. The summed E-state index contributed by atoms with van der Waals surface area (Å²) in [6.07, 6.45) is 3.42. The van der Waals surface area contributed by atoms with Gasteiger partial charge in [-0.1, -0.05) is 30.3 Å². The van der Waals surface area contributed by atoms with Crippen LogP contribution in [0.5, 0.6) is 6.01 Å². The summed E-state index contributed by atoms with van der Waals surface area (Å²) in [6, 6.07) is 13.2. The molecule has 35 heavy (non-hydrogen) atoms. The Labute approximate surface area is 201 Å². The Balaban J connectivity index is 1.24. The minimum Gasteiger partial charge on any atom is -0.445 e. The Bertz CT molecular complexity index is 1210. The van der Waals surface area contributed by atoms with Gasteiger partial charge < -0.3 is 24.3 Å². The number of alkyl halides is 2. The summed E-state index contributed by atoms with van der Waals surface area (Å²) < 4.78 is 36.5. The van der Waals surface area contributed by atoms with Crippen molar-refractivity contribution in [1.29, 1.82) is 0 Å². The molecule has 1 spiro atoms. The molecule has 1 aromatic carbocycles. The molecule has 1 aliphatic heterocycles. The largest absolute Gasteiger partial charge is 0.445 e. The quantitative estimate of drug-likeness (QED) is 0.529. The average Bonchev–Trinajstić information content (AvgIpc) is 3.40. The number of likely N-dealkylation sites (tertiary alicyclic amines) is 1. The minimum atomic E-state index is -2.94. The highest BCUT2D eigenvalue weighted by Gasteiger charge is 2.56. The number of hydrogen-bond donors (Lipinski definition) is 1. The van der Waals surface area contributed by atoms with Crippen molar-refractivity contribution in [3.63, 3.8) is 0 Å². The van der Waals surface area contributed by atoms with Crippen LogP contribution in [0.3, 0.4) is 0 Å². The van der Waals surface area contributed by atoms with Crippen LogP contribution in [0.15, 0.2) is 48.7 Å². The fourth-order valence-corrected chi connectivity index (χ4v) is 4.64. The summed E-state index contributed by atoms with van der Waals surface area (Å²) in [5, 5.41) is 3.50. The lowest BCUT2D eigenvalue weighted by atomic mass is 10.0. The van der Waals surface area contributed by atoms with E-state index in [2.05, 4.69) is 20.0 Å². The molecule has 2 aliphatic rings. The van der Waals surface area contributed by atoms with Crippen LogP contribution in [0, 0.1) is 12.3 Å². The van der Waals surface area contributed by atoms with Crippen molar-refractivity contribution in [2.45, 2.75) is 39.0 Å². The van der Waals surface area contributed by atoms with Crippen molar-refractivity contribution in [3.8, 4) is 17.3 Å². The smallest absolute Gasteiger partial charge is 0.410 e. The zero-order valence-corrected chi connectivity index (χ0v) is 19.6. The second kappa shape index (κ2) is 9.16. The third kappa shape index (κ3) is 4.91. The predicted molar refractivity (Wildman–Crippen MR) is 125 cm³/mol. The van der Waals surface area contributed by atoms with E-state index in [0.29, 0.717) is 30.3 Å². The molecule has 0 bridgehead atoms. The highest BCUT2D eigenvalue weighted by Crippen LogP contribution is 2.53. The van der Waals surface area contributed by atoms with E-state index in [9.17, 15) is 13.6 Å². The van der Waals surface area contributed by atoms with Gasteiger partial charge in [-0.25, -0.2) is 9.78 Å². The van der Waals surface area contributed by atoms with Gasteiger partial charge in [0.1, 0.15) is 12.4 Å². The Morgan fingerprint density at radius 2 is 1.97 bits per heavy atom. The van der Waals surface area contributed by atoms with E-state index >= 15 is 0 Å². The van der Waals surface area contributed by atoms with Crippen LogP contribution in [0.4, 0.5) is 19.4 Å². The number of amides is 1. The molecule has 1 amide bonds. The lowest BCUT2D eigenvalue weighted by molar-refractivity contribution is -0.0577. The van der Waals surface area contributed by atoms with E-state index in [4.69, 9.17) is 4.74 Å². The molecule has 2 fully saturated rings. The molecule has 0 radical (unpaired) electrons. The van der Waals surface area contributed by atoms with Crippen molar-refractivity contribution in [1.82, 2.24) is 19.4 Å². The summed E-state index contributed by atoms with van der Waals surface area (Å²) in [5.74, 6) is 0.696. The number of carbonyl (C=O) groups excluding carboxylic acids is 1. The molecule has 3 heterocycles. The molecule has 10 heteroatoms. The van der Waals surface area contributed by atoms with Gasteiger partial charge in [0, 0.05) is 43.0 Å². The fraction of sp³-hybridized carbons (Fsp3) is 0.400. The van der Waals surface area contributed by atoms with Crippen LogP contribution in [0.1, 0.15) is 24.1 Å². The van der Waals surface area contributed by atoms with Crippen molar-refractivity contribution in [2.24, 2.45) is 12.5 Å². The average molecular weight is 484 g/mol. The van der Waals surface area contributed by atoms with Gasteiger partial charge in [-0.2, -0.15) is 13.8 Å². The molecular weight excluding hydrogens is 456 g/mol. The number of rotatable bonds is 7. The van der Waals surface area contributed by atoms with E-state index in [0.717, 1.165) is 24.0 Å². The van der Waals surface area contributed by atoms with Crippen molar-refractivity contribution in [3.05, 3.63) is 59.9 Å². The van der Waals surface area contributed by atoms with Crippen LogP contribution in [-0.4, -0.2) is 51.3 Å². The Morgan fingerprint density at radius 1 is 1.20 bits per heavy atom. The maximum absolute atomic E-state index is 12.7. The number of aryl methyl sites for hydroxylation is 2. The standard InChI is InChI=1S/C25H27F2N5O3/c1-16-18(19-12-31(2)23(29-19)35-22(26)27)8-9-21(28-16)30-20-13-32(15-25(20)10-11-25)24(33)34-14-17-6-4-3-5-7-17/h3-9,12,20,22H,10-11,13-15H2,1-2H3,(H,28,30).